The SMILES string of the molecule is O=C(S)NC[C@H]1CN(c2ccc(N3CCN(C(=O)C=Cc4cccs4)CC3)c(F)c2)C(=O)O1. The van der Waals surface area contributed by atoms with Crippen molar-refractivity contribution in [2.24, 2.45) is 0 Å². The molecular formula is C22H23FN4O4S2. The number of hydrogen-bond acceptors (Lipinski definition) is 6. The topological polar surface area (TPSA) is 82.2 Å². The molecule has 0 bridgehead atoms. The fourth-order valence-electron chi connectivity index (χ4n) is 3.77. The van der Waals surface area contributed by atoms with Crippen LogP contribution < -0.4 is 15.1 Å². The molecule has 174 valence electrons. The summed E-state index contributed by atoms with van der Waals surface area (Å²) in [5, 5.41) is 3.92. The molecule has 2 fully saturated rings. The number of anilines is 2. The highest BCUT2D eigenvalue weighted by atomic mass is 32.1. The Morgan fingerprint density at radius 2 is 2.03 bits per heavy atom. The molecule has 0 unspecified atom stereocenters. The minimum absolute atomic E-state index is 0.0601. The summed E-state index contributed by atoms with van der Waals surface area (Å²) in [7, 11) is 0. The van der Waals surface area contributed by atoms with Crippen LogP contribution in [0, 0.1) is 5.82 Å². The van der Waals surface area contributed by atoms with E-state index in [1.807, 2.05) is 22.4 Å². The number of piperazine rings is 1. The van der Waals surface area contributed by atoms with Gasteiger partial charge >= 0.3 is 6.09 Å². The molecule has 2 saturated heterocycles. The highest BCUT2D eigenvalue weighted by Gasteiger charge is 2.33. The van der Waals surface area contributed by atoms with Crippen molar-refractivity contribution in [3.63, 3.8) is 0 Å². The van der Waals surface area contributed by atoms with Crippen LogP contribution in [-0.4, -0.2) is 67.5 Å². The summed E-state index contributed by atoms with van der Waals surface area (Å²) in [5.41, 5.74) is 0.805. The number of nitrogens with zero attached hydrogens (tertiary/aromatic N) is 3. The molecule has 0 spiro atoms. The van der Waals surface area contributed by atoms with Gasteiger partial charge < -0.3 is 19.9 Å². The minimum atomic E-state index is -0.594. The van der Waals surface area contributed by atoms with Crippen LogP contribution in [0.4, 0.5) is 25.4 Å². The Labute approximate surface area is 200 Å². The van der Waals surface area contributed by atoms with Crippen LogP contribution >= 0.6 is 24.0 Å². The summed E-state index contributed by atoms with van der Waals surface area (Å²) in [6.45, 7) is 2.33. The fraction of sp³-hybridized carbons (Fsp3) is 0.318. The van der Waals surface area contributed by atoms with E-state index in [9.17, 15) is 18.8 Å². The third-order valence-corrected chi connectivity index (χ3v) is 6.46. The molecular weight excluding hydrogens is 467 g/mol. The predicted molar refractivity (Wildman–Crippen MR) is 129 cm³/mol. The van der Waals surface area contributed by atoms with E-state index in [1.165, 1.54) is 11.0 Å². The standard InChI is InChI=1S/C22H23FN4O4S2/c23-18-12-15(27-14-16(31-22(27)30)13-24-21(29)32)3-5-19(18)25-7-9-26(10-8-25)20(28)6-4-17-2-1-11-33-17/h1-6,11-12,16H,7-10,13-14H2,(H2,24,29,32)/t16-/m0/s1. The van der Waals surface area contributed by atoms with E-state index in [1.54, 1.807) is 40.5 Å². The average molecular weight is 491 g/mol. The van der Waals surface area contributed by atoms with Gasteiger partial charge in [-0.2, -0.15) is 0 Å². The highest BCUT2D eigenvalue weighted by Crippen LogP contribution is 2.28. The Morgan fingerprint density at radius 3 is 2.70 bits per heavy atom. The van der Waals surface area contributed by atoms with E-state index in [0.29, 0.717) is 37.6 Å². The van der Waals surface area contributed by atoms with Gasteiger partial charge in [-0.25, -0.2) is 9.18 Å². The molecule has 2 aliphatic rings. The Hall–Kier alpha value is -3.05. The van der Waals surface area contributed by atoms with Gasteiger partial charge in [0.15, 0.2) is 0 Å². The molecule has 1 N–H and O–H groups in total. The zero-order chi connectivity index (χ0) is 23.4. The largest absolute Gasteiger partial charge is 0.442 e. The highest BCUT2D eigenvalue weighted by molar-refractivity contribution is 7.96. The van der Waals surface area contributed by atoms with Gasteiger partial charge in [0, 0.05) is 37.1 Å². The van der Waals surface area contributed by atoms with E-state index < -0.39 is 23.3 Å². The normalized spacial score (nSPS) is 18.7. The van der Waals surface area contributed by atoms with Gasteiger partial charge in [-0.3, -0.25) is 14.5 Å². The van der Waals surface area contributed by atoms with Gasteiger partial charge in [-0.1, -0.05) is 18.7 Å². The Kier molecular flexibility index (Phi) is 7.19. The maximum atomic E-state index is 14.9. The molecule has 33 heavy (non-hydrogen) atoms. The second-order valence-corrected chi connectivity index (χ2v) is 8.98. The Bertz CT molecular complexity index is 1050. The zero-order valence-electron chi connectivity index (χ0n) is 17.6. The monoisotopic (exact) mass is 490 g/mol. The number of carbonyl (C=O) groups is 3. The summed E-state index contributed by atoms with van der Waals surface area (Å²) in [4.78, 5) is 41.5. The molecule has 0 saturated carbocycles. The molecule has 11 heteroatoms. The molecule has 1 aromatic heterocycles. The van der Waals surface area contributed by atoms with Crippen molar-refractivity contribution in [3.8, 4) is 0 Å². The summed E-state index contributed by atoms with van der Waals surface area (Å²) < 4.78 is 20.1. The first-order valence-electron chi connectivity index (χ1n) is 10.4. The van der Waals surface area contributed by atoms with Gasteiger partial charge in [-0.15, -0.1) is 11.3 Å². The number of rotatable bonds is 6. The van der Waals surface area contributed by atoms with Crippen molar-refractivity contribution in [1.29, 1.82) is 0 Å². The van der Waals surface area contributed by atoms with Crippen LogP contribution in [0.15, 0.2) is 41.8 Å². The quantitative estimate of drug-likeness (QED) is 0.480. The number of thiophene rings is 1. The van der Waals surface area contributed by atoms with Crippen LogP contribution in [0.3, 0.4) is 0 Å². The van der Waals surface area contributed by atoms with Crippen LogP contribution in [-0.2, 0) is 9.53 Å². The molecule has 4 rings (SSSR count). The van der Waals surface area contributed by atoms with Crippen molar-refractivity contribution in [2.75, 3.05) is 49.1 Å². The van der Waals surface area contributed by atoms with Crippen LogP contribution in [0.5, 0.6) is 0 Å². The smallest absolute Gasteiger partial charge is 0.414 e. The third-order valence-electron chi connectivity index (χ3n) is 5.46. The Balaban J connectivity index is 1.34. The lowest BCUT2D eigenvalue weighted by Crippen LogP contribution is -2.48. The number of halogens is 1. The summed E-state index contributed by atoms with van der Waals surface area (Å²) in [6, 6.07) is 8.48. The van der Waals surface area contributed by atoms with Crippen molar-refractivity contribution in [3.05, 3.63) is 52.5 Å². The molecule has 3 heterocycles. The summed E-state index contributed by atoms with van der Waals surface area (Å²) in [5.74, 6) is -0.514. The Morgan fingerprint density at radius 1 is 1.24 bits per heavy atom. The number of carbonyl (C=O) groups excluding carboxylic acids is 3. The predicted octanol–water partition coefficient (Wildman–Crippen LogP) is 3.21. The number of nitrogens with one attached hydrogen (secondary N) is 1. The van der Waals surface area contributed by atoms with Gasteiger partial charge in [0.2, 0.25) is 5.91 Å². The first kappa shape index (κ1) is 23.1. The number of ether oxygens (including phenoxy) is 1. The molecule has 1 atom stereocenters. The second-order valence-electron chi connectivity index (χ2n) is 7.60. The van der Waals surface area contributed by atoms with Crippen LogP contribution in [0.1, 0.15) is 4.88 Å². The summed E-state index contributed by atoms with van der Waals surface area (Å²) in [6.07, 6.45) is 2.25. The number of amides is 3. The number of thiol groups is 1. The third kappa shape index (κ3) is 5.66. The maximum Gasteiger partial charge on any atom is 0.414 e. The maximum absolute atomic E-state index is 14.9. The number of hydrogen-bond donors (Lipinski definition) is 2. The molecule has 2 aromatic rings. The van der Waals surface area contributed by atoms with Gasteiger partial charge in [-0.05, 0) is 35.7 Å². The van der Waals surface area contributed by atoms with Crippen molar-refractivity contribution in [2.45, 2.75) is 6.10 Å². The number of cyclic esters (lactones) is 1. The van der Waals surface area contributed by atoms with Gasteiger partial charge in [0.05, 0.1) is 24.5 Å². The van der Waals surface area contributed by atoms with Crippen LogP contribution in [0.25, 0.3) is 6.08 Å². The summed E-state index contributed by atoms with van der Waals surface area (Å²) >= 11 is 5.18. The molecule has 3 amide bonds. The lowest BCUT2D eigenvalue weighted by atomic mass is 10.2. The molecule has 1 aromatic carbocycles. The molecule has 0 radical (unpaired) electrons. The van der Waals surface area contributed by atoms with Crippen LogP contribution in [0.2, 0.25) is 0 Å². The van der Waals surface area contributed by atoms with E-state index in [0.717, 1.165) is 4.88 Å². The lowest BCUT2D eigenvalue weighted by Gasteiger charge is -2.36. The van der Waals surface area contributed by atoms with Crippen molar-refractivity contribution < 1.29 is 23.5 Å². The first-order valence-corrected chi connectivity index (χ1v) is 11.7. The molecule has 0 aliphatic carbocycles. The minimum Gasteiger partial charge on any atom is -0.442 e. The van der Waals surface area contributed by atoms with E-state index in [4.69, 9.17) is 4.74 Å². The van der Waals surface area contributed by atoms with Crippen molar-refractivity contribution >= 4 is 58.7 Å². The molecule has 8 nitrogen and oxygen atoms in total. The lowest BCUT2D eigenvalue weighted by molar-refractivity contribution is -0.126. The number of benzene rings is 1. The van der Waals surface area contributed by atoms with E-state index in [-0.39, 0.29) is 19.0 Å². The van der Waals surface area contributed by atoms with Crippen molar-refractivity contribution in [1.82, 2.24) is 10.2 Å². The van der Waals surface area contributed by atoms with E-state index in [2.05, 4.69) is 17.9 Å². The average Bonchev–Trinajstić information content (AvgIpc) is 3.45. The van der Waals surface area contributed by atoms with E-state index >= 15 is 0 Å². The van der Waals surface area contributed by atoms with Gasteiger partial charge in [0.25, 0.3) is 5.24 Å². The van der Waals surface area contributed by atoms with Gasteiger partial charge in [0.1, 0.15) is 11.9 Å². The second kappa shape index (κ2) is 10.3. The molecule has 2 aliphatic heterocycles. The first-order chi connectivity index (χ1) is 15.9. The zero-order valence-corrected chi connectivity index (χ0v) is 19.4. The fourth-order valence-corrected chi connectivity index (χ4v) is 4.48.